The van der Waals surface area contributed by atoms with Gasteiger partial charge < -0.3 is 15.4 Å². The maximum absolute atomic E-state index is 13.0. The first-order chi connectivity index (χ1) is 13.5. The lowest BCUT2D eigenvalue weighted by atomic mass is 9.81. The van der Waals surface area contributed by atoms with Crippen LogP contribution in [0.4, 0.5) is 11.5 Å². The number of morpholine rings is 1. The molecule has 2 atom stereocenters. The van der Waals surface area contributed by atoms with Gasteiger partial charge in [0.05, 0.1) is 30.1 Å². The summed E-state index contributed by atoms with van der Waals surface area (Å²) in [5.41, 5.74) is 8.43. The second kappa shape index (κ2) is 7.79. The molecule has 2 aromatic rings. The monoisotopic (exact) mass is 401 g/mol. The molecule has 1 aromatic heterocycles. The zero-order chi connectivity index (χ0) is 19.7. The third-order valence-electron chi connectivity index (χ3n) is 5.97. The maximum Gasteiger partial charge on any atom is 0.171 e. The van der Waals surface area contributed by atoms with Gasteiger partial charge in [-0.1, -0.05) is 0 Å². The molecule has 2 N–H and O–H groups in total. The predicted molar refractivity (Wildman–Crippen MR) is 115 cm³/mol. The standard InChI is InChI=1S/C21H28N4O2S/c1-3-28(26)21(9-4-10-21)18-13-19(25-11-12-27-14-15(25)2)24-20(23-18)16-5-7-17(22)8-6-16/h5-8,13,15H,3-4,9-12,14,22H2,1-2H3/p+1. The van der Waals surface area contributed by atoms with E-state index in [0.717, 1.165) is 42.9 Å². The van der Waals surface area contributed by atoms with E-state index in [1.54, 1.807) is 0 Å². The van der Waals surface area contributed by atoms with Crippen LogP contribution >= 0.6 is 0 Å². The molecule has 2 heterocycles. The molecule has 0 bridgehead atoms. The lowest BCUT2D eigenvalue weighted by Crippen LogP contribution is -2.45. The van der Waals surface area contributed by atoms with Crippen LogP contribution in [0.5, 0.6) is 0 Å². The van der Waals surface area contributed by atoms with Crippen molar-refractivity contribution in [3.05, 3.63) is 36.0 Å². The SMILES string of the molecule is CC[SH+](=O)C1(c2cc(N3CCOCC3C)nc(-c3ccc(N)cc3)n2)CCC1. The molecule has 0 spiro atoms. The molecule has 0 amide bonds. The molecular formula is C21H29N4O2S+. The highest BCUT2D eigenvalue weighted by Crippen LogP contribution is 2.47. The Morgan fingerprint density at radius 1 is 1.29 bits per heavy atom. The quantitative estimate of drug-likeness (QED) is 0.471. The molecule has 7 heteroatoms. The molecule has 150 valence electrons. The van der Waals surface area contributed by atoms with E-state index in [2.05, 4.69) is 17.9 Å². The van der Waals surface area contributed by atoms with Gasteiger partial charge in [-0.2, -0.15) is 0 Å². The molecule has 4 rings (SSSR count). The third kappa shape index (κ3) is 3.42. The minimum atomic E-state index is -1.34. The van der Waals surface area contributed by atoms with Gasteiger partial charge >= 0.3 is 0 Å². The molecule has 1 saturated carbocycles. The first kappa shape index (κ1) is 19.3. The van der Waals surface area contributed by atoms with E-state index in [1.165, 1.54) is 0 Å². The van der Waals surface area contributed by atoms with Crippen LogP contribution in [0.1, 0.15) is 38.8 Å². The first-order valence-corrected chi connectivity index (χ1v) is 11.5. The van der Waals surface area contributed by atoms with Crippen LogP contribution in [0.2, 0.25) is 0 Å². The molecule has 1 aliphatic carbocycles. The maximum atomic E-state index is 13.0. The molecule has 6 nitrogen and oxygen atoms in total. The van der Waals surface area contributed by atoms with Gasteiger partial charge in [0.2, 0.25) is 0 Å². The van der Waals surface area contributed by atoms with Crippen molar-refractivity contribution in [3.63, 3.8) is 0 Å². The van der Waals surface area contributed by atoms with Crippen molar-refractivity contribution in [2.75, 3.05) is 36.1 Å². The zero-order valence-corrected chi connectivity index (χ0v) is 17.5. The summed E-state index contributed by atoms with van der Waals surface area (Å²) in [6.07, 6.45) is 2.98. The van der Waals surface area contributed by atoms with Crippen LogP contribution in [0, 0.1) is 0 Å². The molecule has 0 radical (unpaired) electrons. The van der Waals surface area contributed by atoms with Crippen molar-refractivity contribution >= 4 is 22.3 Å². The Morgan fingerprint density at radius 2 is 2.04 bits per heavy atom. The van der Waals surface area contributed by atoms with E-state index in [0.29, 0.717) is 30.5 Å². The van der Waals surface area contributed by atoms with Crippen molar-refractivity contribution in [3.8, 4) is 11.4 Å². The highest BCUT2D eigenvalue weighted by Gasteiger charge is 2.50. The van der Waals surface area contributed by atoms with Gasteiger partial charge in [0, 0.05) is 36.7 Å². The van der Waals surface area contributed by atoms with Crippen LogP contribution in [-0.2, 0) is 24.5 Å². The first-order valence-electron chi connectivity index (χ1n) is 10.1. The summed E-state index contributed by atoms with van der Waals surface area (Å²) < 4.78 is 18.3. The minimum absolute atomic E-state index is 0.244. The Bertz CT molecular complexity index is 867. The van der Waals surface area contributed by atoms with E-state index in [9.17, 15) is 4.21 Å². The van der Waals surface area contributed by atoms with E-state index in [4.69, 9.17) is 20.4 Å². The van der Waals surface area contributed by atoms with E-state index in [-0.39, 0.29) is 10.8 Å². The highest BCUT2D eigenvalue weighted by molar-refractivity contribution is 7.85. The predicted octanol–water partition coefficient (Wildman–Crippen LogP) is 3.05. The summed E-state index contributed by atoms with van der Waals surface area (Å²) in [4.78, 5) is 12.1. The highest BCUT2D eigenvalue weighted by atomic mass is 32.2. The fourth-order valence-electron chi connectivity index (χ4n) is 4.10. The molecule has 28 heavy (non-hydrogen) atoms. The van der Waals surface area contributed by atoms with Crippen LogP contribution < -0.4 is 10.6 Å². The number of nitrogen functional groups attached to an aromatic ring is 1. The number of hydrogen-bond donors (Lipinski definition) is 1. The topological polar surface area (TPSA) is 81.3 Å². The molecule has 2 aliphatic rings. The minimum Gasteiger partial charge on any atom is -0.399 e. The lowest BCUT2D eigenvalue weighted by molar-refractivity contribution is 0.0985. The third-order valence-corrected chi connectivity index (χ3v) is 8.17. The summed E-state index contributed by atoms with van der Waals surface area (Å²) in [5, 5.41) is 0. The Balaban J connectivity index is 1.83. The second-order valence-corrected chi connectivity index (χ2v) is 10.00. The van der Waals surface area contributed by atoms with Crippen molar-refractivity contribution < 1.29 is 8.95 Å². The number of thiol groups is 1. The number of anilines is 2. The number of nitrogens with zero attached hydrogens (tertiary/aromatic N) is 3. The van der Waals surface area contributed by atoms with Gasteiger partial charge in [-0.3, -0.25) is 0 Å². The fraction of sp³-hybridized carbons (Fsp3) is 0.524. The Labute approximate surface area is 169 Å². The lowest BCUT2D eigenvalue weighted by Gasteiger charge is -2.38. The van der Waals surface area contributed by atoms with Crippen LogP contribution in [0.15, 0.2) is 30.3 Å². The molecule has 1 aromatic carbocycles. The molecule has 2 fully saturated rings. The van der Waals surface area contributed by atoms with Gasteiger partial charge in [-0.15, -0.1) is 4.21 Å². The van der Waals surface area contributed by atoms with Gasteiger partial charge in [-0.05, 0) is 44.5 Å². The second-order valence-electron chi connectivity index (χ2n) is 7.75. The Kier molecular flexibility index (Phi) is 5.38. The summed E-state index contributed by atoms with van der Waals surface area (Å²) in [6.45, 7) is 6.33. The van der Waals surface area contributed by atoms with Crippen molar-refractivity contribution in [1.82, 2.24) is 9.97 Å². The smallest absolute Gasteiger partial charge is 0.171 e. The van der Waals surface area contributed by atoms with Gasteiger partial charge in [0.15, 0.2) is 10.6 Å². The van der Waals surface area contributed by atoms with Gasteiger partial charge in [0.1, 0.15) is 17.3 Å². The van der Waals surface area contributed by atoms with Crippen LogP contribution in [-0.4, -0.2) is 41.5 Å². The van der Waals surface area contributed by atoms with Crippen LogP contribution in [0.3, 0.4) is 0 Å². The molecule has 1 saturated heterocycles. The summed E-state index contributed by atoms with van der Waals surface area (Å²) in [5.74, 6) is 2.26. The largest absolute Gasteiger partial charge is 0.399 e. The van der Waals surface area contributed by atoms with Gasteiger partial charge in [-0.25, -0.2) is 9.97 Å². The number of aromatic nitrogens is 2. The van der Waals surface area contributed by atoms with E-state index >= 15 is 0 Å². The van der Waals surface area contributed by atoms with Gasteiger partial charge in [0.25, 0.3) is 0 Å². The molecule has 2 unspecified atom stereocenters. The fourth-order valence-corrected chi connectivity index (χ4v) is 5.89. The normalized spacial score (nSPS) is 22.5. The van der Waals surface area contributed by atoms with Crippen molar-refractivity contribution in [2.24, 2.45) is 0 Å². The Hall–Kier alpha value is -1.99. The Morgan fingerprint density at radius 3 is 2.64 bits per heavy atom. The number of nitrogens with two attached hydrogens (primary N) is 1. The summed E-state index contributed by atoms with van der Waals surface area (Å²) in [7, 11) is -1.34. The van der Waals surface area contributed by atoms with Crippen LogP contribution in [0.25, 0.3) is 11.4 Å². The number of benzene rings is 1. The number of rotatable bonds is 5. The van der Waals surface area contributed by atoms with E-state index in [1.807, 2.05) is 31.2 Å². The molecule has 1 aliphatic heterocycles. The van der Waals surface area contributed by atoms with Crippen molar-refractivity contribution in [1.29, 1.82) is 0 Å². The van der Waals surface area contributed by atoms with E-state index < -0.39 is 10.8 Å². The number of ether oxygens (including phenoxy) is 1. The van der Waals surface area contributed by atoms with Crippen molar-refractivity contribution in [2.45, 2.75) is 43.9 Å². The molecular weight excluding hydrogens is 372 g/mol. The summed E-state index contributed by atoms with van der Waals surface area (Å²) >= 11 is 0. The average Bonchev–Trinajstić information content (AvgIpc) is 2.67. The zero-order valence-electron chi connectivity index (χ0n) is 16.6. The number of hydrogen-bond acceptors (Lipinski definition) is 6. The summed E-state index contributed by atoms with van der Waals surface area (Å²) in [6, 6.07) is 9.96. The average molecular weight is 402 g/mol.